The van der Waals surface area contributed by atoms with E-state index in [0.29, 0.717) is 6.42 Å². The SMILES string of the molecule is CC(OCC(F)(F)F)C(=O)N1CCC(C(=O)O)C1. The highest BCUT2D eigenvalue weighted by molar-refractivity contribution is 5.82. The van der Waals surface area contributed by atoms with Gasteiger partial charge in [-0.25, -0.2) is 0 Å². The quantitative estimate of drug-likeness (QED) is 0.823. The molecule has 0 spiro atoms. The lowest BCUT2D eigenvalue weighted by Gasteiger charge is -2.21. The molecule has 2 unspecified atom stereocenters. The molecule has 1 rings (SSSR count). The molecule has 18 heavy (non-hydrogen) atoms. The largest absolute Gasteiger partial charge is 0.481 e. The van der Waals surface area contributed by atoms with Gasteiger partial charge in [0, 0.05) is 13.1 Å². The lowest BCUT2D eigenvalue weighted by Crippen LogP contribution is -2.39. The Bertz CT molecular complexity index is 332. The molecule has 0 aromatic rings. The summed E-state index contributed by atoms with van der Waals surface area (Å²) in [7, 11) is 0. The van der Waals surface area contributed by atoms with E-state index in [-0.39, 0.29) is 13.1 Å². The van der Waals surface area contributed by atoms with Gasteiger partial charge in [0.25, 0.3) is 5.91 Å². The van der Waals surface area contributed by atoms with E-state index in [1.54, 1.807) is 0 Å². The Morgan fingerprint density at radius 3 is 2.56 bits per heavy atom. The van der Waals surface area contributed by atoms with Gasteiger partial charge >= 0.3 is 12.1 Å². The first-order valence-electron chi connectivity index (χ1n) is 5.40. The highest BCUT2D eigenvalue weighted by Gasteiger charge is 2.35. The van der Waals surface area contributed by atoms with E-state index < -0.39 is 36.7 Å². The number of nitrogens with zero attached hydrogens (tertiary/aromatic N) is 1. The Balaban J connectivity index is 2.43. The van der Waals surface area contributed by atoms with Crippen molar-refractivity contribution < 1.29 is 32.6 Å². The van der Waals surface area contributed by atoms with Crippen LogP contribution in [0.25, 0.3) is 0 Å². The predicted molar refractivity (Wildman–Crippen MR) is 53.8 cm³/mol. The monoisotopic (exact) mass is 269 g/mol. The molecule has 1 amide bonds. The van der Waals surface area contributed by atoms with Crippen LogP contribution >= 0.6 is 0 Å². The highest BCUT2D eigenvalue weighted by atomic mass is 19.4. The lowest BCUT2D eigenvalue weighted by molar-refractivity contribution is -0.188. The van der Waals surface area contributed by atoms with Crippen LogP contribution in [0.15, 0.2) is 0 Å². The smallest absolute Gasteiger partial charge is 0.411 e. The molecule has 0 saturated carbocycles. The number of carbonyl (C=O) groups is 2. The molecule has 1 aliphatic rings. The van der Waals surface area contributed by atoms with Gasteiger partial charge in [0.05, 0.1) is 5.92 Å². The first kappa shape index (κ1) is 14.7. The maximum atomic E-state index is 11.9. The molecule has 0 aromatic heterocycles. The lowest BCUT2D eigenvalue weighted by atomic mass is 10.1. The molecular formula is C10H14F3NO4. The number of hydrogen-bond donors (Lipinski definition) is 1. The molecule has 2 atom stereocenters. The third kappa shape index (κ3) is 4.17. The van der Waals surface area contributed by atoms with Gasteiger partial charge in [-0.1, -0.05) is 0 Å². The number of halogens is 3. The van der Waals surface area contributed by atoms with Crippen molar-refractivity contribution >= 4 is 11.9 Å². The average Bonchev–Trinajstić information content (AvgIpc) is 2.73. The van der Waals surface area contributed by atoms with Crippen molar-refractivity contribution in [3.8, 4) is 0 Å². The molecular weight excluding hydrogens is 255 g/mol. The van der Waals surface area contributed by atoms with Crippen LogP contribution in [0, 0.1) is 5.92 Å². The average molecular weight is 269 g/mol. The molecule has 0 bridgehead atoms. The number of likely N-dealkylation sites (tertiary alicyclic amines) is 1. The van der Waals surface area contributed by atoms with E-state index >= 15 is 0 Å². The fourth-order valence-electron chi connectivity index (χ4n) is 1.71. The van der Waals surface area contributed by atoms with Gasteiger partial charge in [-0.3, -0.25) is 9.59 Å². The van der Waals surface area contributed by atoms with Crippen molar-refractivity contribution in [3.63, 3.8) is 0 Å². The molecule has 1 aliphatic heterocycles. The van der Waals surface area contributed by atoms with Crippen molar-refractivity contribution in [2.45, 2.75) is 25.6 Å². The van der Waals surface area contributed by atoms with Gasteiger partial charge in [-0.2, -0.15) is 13.2 Å². The van der Waals surface area contributed by atoms with Crippen LogP contribution in [-0.2, 0) is 14.3 Å². The number of carboxylic acids is 1. The molecule has 1 fully saturated rings. The van der Waals surface area contributed by atoms with E-state index in [1.165, 1.54) is 11.8 Å². The van der Waals surface area contributed by atoms with Crippen LogP contribution in [0.1, 0.15) is 13.3 Å². The molecule has 0 aromatic carbocycles. The van der Waals surface area contributed by atoms with Crippen LogP contribution in [0.4, 0.5) is 13.2 Å². The Morgan fingerprint density at radius 2 is 2.11 bits per heavy atom. The van der Waals surface area contributed by atoms with E-state index in [0.717, 1.165) is 0 Å². The highest BCUT2D eigenvalue weighted by Crippen LogP contribution is 2.19. The minimum atomic E-state index is -4.48. The van der Waals surface area contributed by atoms with Crippen molar-refractivity contribution in [1.29, 1.82) is 0 Å². The van der Waals surface area contributed by atoms with Crippen LogP contribution in [0.3, 0.4) is 0 Å². The van der Waals surface area contributed by atoms with E-state index in [1.807, 2.05) is 0 Å². The van der Waals surface area contributed by atoms with Gasteiger partial charge in [-0.05, 0) is 13.3 Å². The topological polar surface area (TPSA) is 66.8 Å². The summed E-state index contributed by atoms with van der Waals surface area (Å²) in [4.78, 5) is 23.6. The summed E-state index contributed by atoms with van der Waals surface area (Å²) in [6.07, 6.45) is -5.39. The number of carbonyl (C=O) groups excluding carboxylic acids is 1. The van der Waals surface area contributed by atoms with Gasteiger partial charge in [-0.15, -0.1) is 0 Å². The molecule has 0 radical (unpaired) electrons. The predicted octanol–water partition coefficient (Wildman–Crippen LogP) is 0.887. The summed E-state index contributed by atoms with van der Waals surface area (Å²) in [5.74, 6) is -2.26. The van der Waals surface area contributed by atoms with Crippen LogP contribution < -0.4 is 0 Å². The van der Waals surface area contributed by atoms with Crippen LogP contribution in [0.2, 0.25) is 0 Å². The maximum Gasteiger partial charge on any atom is 0.411 e. The van der Waals surface area contributed by atoms with Gasteiger partial charge in [0.1, 0.15) is 12.7 Å². The Labute approximate surface area is 102 Å². The zero-order valence-electron chi connectivity index (χ0n) is 9.74. The minimum Gasteiger partial charge on any atom is -0.481 e. The fraction of sp³-hybridized carbons (Fsp3) is 0.800. The molecule has 1 N–H and O–H groups in total. The summed E-state index contributed by atoms with van der Waals surface area (Å²) in [5, 5.41) is 8.74. The second kappa shape index (κ2) is 5.55. The molecule has 104 valence electrons. The number of amides is 1. The molecule has 1 heterocycles. The number of hydrogen-bond acceptors (Lipinski definition) is 3. The van der Waals surface area contributed by atoms with Crippen LogP contribution in [-0.4, -0.2) is 53.9 Å². The minimum absolute atomic E-state index is 0.0217. The summed E-state index contributed by atoms with van der Waals surface area (Å²) in [5.41, 5.74) is 0. The van der Waals surface area contributed by atoms with E-state index in [9.17, 15) is 22.8 Å². The second-order valence-corrected chi connectivity index (χ2v) is 4.18. The molecule has 8 heteroatoms. The standard InChI is InChI=1S/C10H14F3NO4/c1-6(18-5-10(11,12)13)8(15)14-3-2-7(4-14)9(16)17/h6-7H,2-5H2,1H3,(H,16,17). The normalized spacial score (nSPS) is 22.0. The number of alkyl halides is 3. The third-order valence-corrected chi connectivity index (χ3v) is 2.69. The summed E-state index contributed by atoms with van der Waals surface area (Å²) >= 11 is 0. The van der Waals surface area contributed by atoms with Crippen molar-refractivity contribution in [1.82, 2.24) is 4.90 Å². The summed E-state index contributed by atoms with van der Waals surface area (Å²) in [6.45, 7) is -0.0122. The Kier molecular flexibility index (Phi) is 4.55. The zero-order valence-corrected chi connectivity index (χ0v) is 9.74. The van der Waals surface area contributed by atoms with E-state index in [2.05, 4.69) is 4.74 Å². The zero-order chi connectivity index (χ0) is 13.9. The molecule has 1 saturated heterocycles. The fourth-order valence-corrected chi connectivity index (χ4v) is 1.71. The van der Waals surface area contributed by atoms with Gasteiger partial charge in [0.2, 0.25) is 0 Å². The molecule has 0 aliphatic carbocycles. The Morgan fingerprint density at radius 1 is 1.50 bits per heavy atom. The number of aliphatic carboxylic acids is 1. The van der Waals surface area contributed by atoms with E-state index in [4.69, 9.17) is 5.11 Å². The third-order valence-electron chi connectivity index (χ3n) is 2.69. The maximum absolute atomic E-state index is 11.9. The number of rotatable bonds is 4. The first-order chi connectivity index (χ1) is 8.20. The van der Waals surface area contributed by atoms with Crippen molar-refractivity contribution in [3.05, 3.63) is 0 Å². The number of ether oxygens (including phenoxy) is 1. The number of carboxylic acid groups (broad SMARTS) is 1. The Hall–Kier alpha value is -1.31. The first-order valence-corrected chi connectivity index (χ1v) is 5.40. The van der Waals surface area contributed by atoms with Crippen molar-refractivity contribution in [2.75, 3.05) is 19.7 Å². The van der Waals surface area contributed by atoms with Gasteiger partial charge < -0.3 is 14.7 Å². The van der Waals surface area contributed by atoms with Crippen molar-refractivity contribution in [2.24, 2.45) is 5.92 Å². The molecule has 5 nitrogen and oxygen atoms in total. The summed E-state index contributed by atoms with van der Waals surface area (Å²) < 4.78 is 40.1. The second-order valence-electron chi connectivity index (χ2n) is 4.18. The van der Waals surface area contributed by atoms with Gasteiger partial charge in [0.15, 0.2) is 0 Å². The summed E-state index contributed by atoms with van der Waals surface area (Å²) in [6, 6.07) is 0. The van der Waals surface area contributed by atoms with Crippen LogP contribution in [0.5, 0.6) is 0 Å².